The van der Waals surface area contributed by atoms with Crippen LogP contribution in [-0.4, -0.2) is 18.1 Å². The molecule has 1 aromatic heterocycles. The molecule has 0 aliphatic carbocycles. The summed E-state index contributed by atoms with van der Waals surface area (Å²) in [5, 5.41) is 3.31. The molecule has 0 radical (unpaired) electrons. The molecule has 2 aromatic rings. The van der Waals surface area contributed by atoms with Gasteiger partial charge in [-0.1, -0.05) is 12.1 Å². The fourth-order valence-corrected chi connectivity index (χ4v) is 2.14. The topological polar surface area (TPSA) is 51.2 Å². The van der Waals surface area contributed by atoms with E-state index in [-0.39, 0.29) is 5.97 Å². The number of esters is 1. The summed E-state index contributed by atoms with van der Waals surface area (Å²) >= 11 is 3.55. The van der Waals surface area contributed by atoms with Gasteiger partial charge in [0, 0.05) is 16.4 Å². The number of rotatable bonds is 4. The Morgan fingerprint density at radius 1 is 1.35 bits per heavy atom. The van der Waals surface area contributed by atoms with Crippen LogP contribution in [0.15, 0.2) is 41.0 Å². The lowest BCUT2D eigenvalue weighted by Gasteiger charge is -2.10. The Hall–Kier alpha value is -1.88. The lowest BCUT2D eigenvalue weighted by molar-refractivity contribution is 0.0600. The van der Waals surface area contributed by atoms with Crippen LogP contribution in [0.25, 0.3) is 0 Å². The highest BCUT2D eigenvalue weighted by Gasteiger charge is 2.06. The van der Waals surface area contributed by atoms with Crippen molar-refractivity contribution in [2.45, 2.75) is 13.5 Å². The van der Waals surface area contributed by atoms with Gasteiger partial charge >= 0.3 is 5.97 Å². The number of halogens is 1. The standard InChI is InChI=1S/C15H15BrN2O2/c1-10-4-3-5-13(14(10)16)18-9-12-7-6-11(8-17-12)15(19)20-2/h3-8,18H,9H2,1-2H3. The Labute approximate surface area is 126 Å². The molecule has 4 nitrogen and oxygen atoms in total. The zero-order valence-corrected chi connectivity index (χ0v) is 12.9. The van der Waals surface area contributed by atoms with Crippen molar-refractivity contribution in [3.63, 3.8) is 0 Å². The summed E-state index contributed by atoms with van der Waals surface area (Å²) in [7, 11) is 1.35. The van der Waals surface area contributed by atoms with E-state index >= 15 is 0 Å². The molecule has 20 heavy (non-hydrogen) atoms. The highest BCUT2D eigenvalue weighted by atomic mass is 79.9. The first kappa shape index (κ1) is 14.5. The first-order chi connectivity index (χ1) is 9.61. The summed E-state index contributed by atoms with van der Waals surface area (Å²) in [6.07, 6.45) is 1.52. The van der Waals surface area contributed by atoms with Crippen molar-refractivity contribution < 1.29 is 9.53 Å². The second-order valence-corrected chi connectivity index (χ2v) is 5.11. The maximum atomic E-state index is 11.3. The molecule has 104 valence electrons. The number of aryl methyl sites for hydroxylation is 1. The SMILES string of the molecule is COC(=O)c1ccc(CNc2cccc(C)c2Br)nc1. The average Bonchev–Trinajstić information content (AvgIpc) is 2.48. The highest BCUT2D eigenvalue weighted by Crippen LogP contribution is 2.25. The van der Waals surface area contributed by atoms with Gasteiger partial charge in [0.05, 0.1) is 24.9 Å². The number of ether oxygens (including phenoxy) is 1. The number of carbonyl (C=O) groups is 1. The summed E-state index contributed by atoms with van der Waals surface area (Å²) in [4.78, 5) is 15.5. The summed E-state index contributed by atoms with van der Waals surface area (Å²) in [5.74, 6) is -0.376. The summed E-state index contributed by atoms with van der Waals surface area (Å²) < 4.78 is 5.68. The summed E-state index contributed by atoms with van der Waals surface area (Å²) in [5.41, 5.74) is 3.49. The van der Waals surface area contributed by atoms with Gasteiger partial charge in [-0.15, -0.1) is 0 Å². The Balaban J connectivity index is 2.04. The van der Waals surface area contributed by atoms with Gasteiger partial charge in [-0.3, -0.25) is 4.98 Å². The first-order valence-electron chi connectivity index (χ1n) is 6.14. The van der Waals surface area contributed by atoms with Crippen LogP contribution in [0.1, 0.15) is 21.6 Å². The molecule has 0 saturated carbocycles. The van der Waals surface area contributed by atoms with Crippen LogP contribution in [0.5, 0.6) is 0 Å². The normalized spacial score (nSPS) is 10.2. The molecule has 0 amide bonds. The molecule has 0 aliphatic heterocycles. The van der Waals surface area contributed by atoms with Gasteiger partial charge in [0.2, 0.25) is 0 Å². The molecule has 0 saturated heterocycles. The summed E-state index contributed by atoms with van der Waals surface area (Å²) in [6.45, 7) is 2.63. The molecule has 2 rings (SSSR count). The lowest BCUT2D eigenvalue weighted by atomic mass is 10.2. The number of benzene rings is 1. The molecule has 0 bridgehead atoms. The van der Waals surface area contributed by atoms with E-state index in [4.69, 9.17) is 0 Å². The minimum atomic E-state index is -0.376. The summed E-state index contributed by atoms with van der Waals surface area (Å²) in [6, 6.07) is 9.55. The van der Waals surface area contributed by atoms with Gasteiger partial charge in [0.1, 0.15) is 0 Å². The quantitative estimate of drug-likeness (QED) is 0.868. The van der Waals surface area contributed by atoms with E-state index in [0.717, 1.165) is 15.9 Å². The maximum absolute atomic E-state index is 11.3. The number of methoxy groups -OCH3 is 1. The van der Waals surface area contributed by atoms with E-state index < -0.39 is 0 Å². The second kappa shape index (κ2) is 6.52. The molecular weight excluding hydrogens is 320 g/mol. The lowest BCUT2D eigenvalue weighted by Crippen LogP contribution is -2.05. The van der Waals surface area contributed by atoms with Crippen LogP contribution in [0.4, 0.5) is 5.69 Å². The predicted molar refractivity (Wildman–Crippen MR) is 81.8 cm³/mol. The highest BCUT2D eigenvalue weighted by molar-refractivity contribution is 9.10. The molecule has 0 spiro atoms. The van der Waals surface area contributed by atoms with Crippen LogP contribution < -0.4 is 5.32 Å². The van der Waals surface area contributed by atoms with E-state index in [1.54, 1.807) is 6.07 Å². The molecular formula is C15H15BrN2O2. The molecule has 0 fully saturated rings. The van der Waals surface area contributed by atoms with Crippen molar-refractivity contribution in [1.29, 1.82) is 0 Å². The van der Waals surface area contributed by atoms with Gasteiger partial charge in [-0.2, -0.15) is 0 Å². The molecule has 1 heterocycles. The van der Waals surface area contributed by atoms with Crippen LogP contribution >= 0.6 is 15.9 Å². The first-order valence-corrected chi connectivity index (χ1v) is 6.93. The number of nitrogens with one attached hydrogen (secondary N) is 1. The van der Waals surface area contributed by atoms with Gasteiger partial charge in [0.15, 0.2) is 0 Å². The fraction of sp³-hybridized carbons (Fsp3) is 0.200. The smallest absolute Gasteiger partial charge is 0.339 e. The number of carbonyl (C=O) groups excluding carboxylic acids is 1. The van der Waals surface area contributed by atoms with E-state index in [9.17, 15) is 4.79 Å². The third kappa shape index (κ3) is 3.36. The predicted octanol–water partition coefficient (Wildman–Crippen LogP) is 3.55. The Morgan fingerprint density at radius 2 is 2.15 bits per heavy atom. The number of aromatic nitrogens is 1. The minimum Gasteiger partial charge on any atom is -0.465 e. The molecule has 5 heteroatoms. The second-order valence-electron chi connectivity index (χ2n) is 4.32. The van der Waals surface area contributed by atoms with Crippen molar-refractivity contribution in [2.75, 3.05) is 12.4 Å². The van der Waals surface area contributed by atoms with Crippen LogP contribution in [-0.2, 0) is 11.3 Å². The zero-order chi connectivity index (χ0) is 14.5. The van der Waals surface area contributed by atoms with Crippen molar-refractivity contribution in [1.82, 2.24) is 4.98 Å². The van der Waals surface area contributed by atoms with E-state index in [0.29, 0.717) is 12.1 Å². The third-order valence-corrected chi connectivity index (χ3v) is 3.95. The molecule has 0 unspecified atom stereocenters. The monoisotopic (exact) mass is 334 g/mol. The van der Waals surface area contributed by atoms with Crippen molar-refractivity contribution >= 4 is 27.6 Å². The number of hydrogen-bond acceptors (Lipinski definition) is 4. The Bertz CT molecular complexity index is 612. The van der Waals surface area contributed by atoms with E-state index in [2.05, 4.69) is 31.0 Å². The molecule has 0 atom stereocenters. The number of nitrogens with zero attached hydrogens (tertiary/aromatic N) is 1. The minimum absolute atomic E-state index is 0.376. The molecule has 0 aliphatic rings. The average molecular weight is 335 g/mol. The van der Waals surface area contributed by atoms with Gasteiger partial charge in [-0.25, -0.2) is 4.79 Å². The number of hydrogen-bond donors (Lipinski definition) is 1. The number of anilines is 1. The van der Waals surface area contributed by atoms with Gasteiger partial charge < -0.3 is 10.1 Å². The maximum Gasteiger partial charge on any atom is 0.339 e. The largest absolute Gasteiger partial charge is 0.465 e. The fourth-order valence-electron chi connectivity index (χ4n) is 1.74. The van der Waals surface area contributed by atoms with Crippen molar-refractivity contribution in [3.05, 3.63) is 57.8 Å². The van der Waals surface area contributed by atoms with Gasteiger partial charge in [0.25, 0.3) is 0 Å². The van der Waals surface area contributed by atoms with E-state index in [1.165, 1.54) is 18.9 Å². The van der Waals surface area contributed by atoms with Crippen LogP contribution in [0.2, 0.25) is 0 Å². The molecule has 1 N–H and O–H groups in total. The third-order valence-electron chi connectivity index (χ3n) is 2.90. The van der Waals surface area contributed by atoms with E-state index in [1.807, 2.05) is 31.2 Å². The van der Waals surface area contributed by atoms with Gasteiger partial charge in [-0.05, 0) is 46.6 Å². The Kier molecular flexibility index (Phi) is 4.74. The molecule has 1 aromatic carbocycles. The number of pyridine rings is 1. The van der Waals surface area contributed by atoms with Crippen molar-refractivity contribution in [3.8, 4) is 0 Å². The zero-order valence-electron chi connectivity index (χ0n) is 11.3. The van der Waals surface area contributed by atoms with Crippen LogP contribution in [0, 0.1) is 6.92 Å². The Morgan fingerprint density at radius 3 is 2.80 bits per heavy atom. The van der Waals surface area contributed by atoms with Crippen molar-refractivity contribution in [2.24, 2.45) is 0 Å². The van der Waals surface area contributed by atoms with Crippen LogP contribution in [0.3, 0.4) is 0 Å².